The van der Waals surface area contributed by atoms with Gasteiger partial charge in [-0.2, -0.15) is 0 Å². The zero-order valence-electron chi connectivity index (χ0n) is 10.2. The minimum Gasteiger partial charge on any atom is -0.318 e. The van der Waals surface area contributed by atoms with Crippen LogP contribution in [0.2, 0.25) is 5.02 Å². The van der Waals surface area contributed by atoms with Crippen LogP contribution in [0.1, 0.15) is 5.56 Å². The molecule has 2 rings (SSSR count). The average Bonchev–Trinajstić information content (AvgIpc) is 2.42. The van der Waals surface area contributed by atoms with Crippen LogP contribution in [0.25, 0.3) is 6.08 Å². The Morgan fingerprint density at radius 2 is 1.70 bits per heavy atom. The van der Waals surface area contributed by atoms with E-state index in [0.717, 1.165) is 18.2 Å². The molecule has 0 aromatic heterocycles. The first-order chi connectivity index (χ1) is 9.58. The molecule has 0 heterocycles. The lowest BCUT2D eigenvalue weighted by atomic mass is 10.2. The molecule has 0 radical (unpaired) electrons. The number of halogens is 3. The smallest absolute Gasteiger partial charge is 0.248 e. The largest absolute Gasteiger partial charge is 0.318 e. The number of carbonyl (C=O) groups is 1. The SMILES string of the molecule is O=C(/C=C/c1ccccc1Cl)Nc1c(F)cccc1F. The summed E-state index contributed by atoms with van der Waals surface area (Å²) >= 11 is 5.92. The molecule has 0 unspecified atom stereocenters. The van der Waals surface area contributed by atoms with Crippen LogP contribution >= 0.6 is 11.6 Å². The van der Waals surface area contributed by atoms with Crippen molar-refractivity contribution in [1.29, 1.82) is 0 Å². The summed E-state index contributed by atoms with van der Waals surface area (Å²) in [6.07, 6.45) is 2.63. The van der Waals surface area contributed by atoms with E-state index >= 15 is 0 Å². The Bertz CT molecular complexity index is 650. The second-order valence-electron chi connectivity index (χ2n) is 3.94. The fraction of sp³-hybridized carbons (Fsp3) is 0. The maximum atomic E-state index is 13.3. The van der Waals surface area contributed by atoms with Gasteiger partial charge in [0.1, 0.15) is 17.3 Å². The molecule has 0 spiro atoms. The molecule has 1 amide bonds. The van der Waals surface area contributed by atoms with Crippen LogP contribution in [0.5, 0.6) is 0 Å². The van der Waals surface area contributed by atoms with Crippen LogP contribution in [0.4, 0.5) is 14.5 Å². The first-order valence-electron chi connectivity index (χ1n) is 5.75. The fourth-order valence-corrected chi connectivity index (χ4v) is 1.76. The van der Waals surface area contributed by atoms with E-state index in [1.165, 1.54) is 12.1 Å². The van der Waals surface area contributed by atoms with Crippen LogP contribution in [0.3, 0.4) is 0 Å². The van der Waals surface area contributed by atoms with Crippen LogP contribution in [0.15, 0.2) is 48.5 Å². The minimum absolute atomic E-state index is 0.471. The molecular weight excluding hydrogens is 284 g/mol. The van der Waals surface area contributed by atoms with E-state index in [4.69, 9.17) is 11.6 Å². The van der Waals surface area contributed by atoms with Gasteiger partial charge in [-0.1, -0.05) is 35.9 Å². The lowest BCUT2D eigenvalue weighted by Gasteiger charge is -2.04. The first kappa shape index (κ1) is 14.2. The van der Waals surface area contributed by atoms with Gasteiger partial charge in [0.25, 0.3) is 0 Å². The van der Waals surface area contributed by atoms with Gasteiger partial charge in [-0.25, -0.2) is 8.78 Å². The predicted molar refractivity (Wildman–Crippen MR) is 75.5 cm³/mol. The van der Waals surface area contributed by atoms with Crippen LogP contribution in [-0.4, -0.2) is 5.91 Å². The number of para-hydroxylation sites is 1. The number of benzene rings is 2. The summed E-state index contributed by atoms with van der Waals surface area (Å²) in [5.74, 6) is -2.30. The molecule has 0 fully saturated rings. The molecular formula is C15H10ClF2NO. The van der Waals surface area contributed by atoms with E-state index in [2.05, 4.69) is 5.32 Å². The highest BCUT2D eigenvalue weighted by molar-refractivity contribution is 6.32. The van der Waals surface area contributed by atoms with Gasteiger partial charge in [-0.05, 0) is 29.8 Å². The van der Waals surface area contributed by atoms with Gasteiger partial charge < -0.3 is 5.32 Å². The molecule has 0 saturated carbocycles. The van der Waals surface area contributed by atoms with Gasteiger partial charge in [0.2, 0.25) is 5.91 Å². The molecule has 2 aromatic rings. The van der Waals surface area contributed by atoms with E-state index in [0.29, 0.717) is 10.6 Å². The molecule has 0 aliphatic heterocycles. The van der Waals surface area contributed by atoms with Crippen molar-refractivity contribution in [2.75, 3.05) is 5.32 Å². The highest BCUT2D eigenvalue weighted by atomic mass is 35.5. The molecule has 2 nitrogen and oxygen atoms in total. The maximum absolute atomic E-state index is 13.3. The Labute approximate surface area is 119 Å². The van der Waals surface area contributed by atoms with Crippen molar-refractivity contribution in [3.63, 3.8) is 0 Å². The number of carbonyl (C=O) groups excluding carboxylic acids is 1. The van der Waals surface area contributed by atoms with Crippen LogP contribution in [0, 0.1) is 11.6 Å². The number of anilines is 1. The van der Waals surface area contributed by atoms with Gasteiger partial charge in [0, 0.05) is 11.1 Å². The molecule has 2 aromatic carbocycles. The standard InChI is InChI=1S/C15H10ClF2NO/c16-11-5-2-1-4-10(11)8-9-14(20)19-15-12(17)6-3-7-13(15)18/h1-9H,(H,19,20)/b9-8+. The molecule has 0 aliphatic rings. The molecule has 0 atom stereocenters. The lowest BCUT2D eigenvalue weighted by Crippen LogP contribution is -2.10. The van der Waals surface area contributed by atoms with Crippen molar-refractivity contribution in [2.45, 2.75) is 0 Å². The topological polar surface area (TPSA) is 29.1 Å². The second-order valence-corrected chi connectivity index (χ2v) is 4.35. The Hall–Kier alpha value is -2.20. The highest BCUT2D eigenvalue weighted by Crippen LogP contribution is 2.19. The van der Waals surface area contributed by atoms with E-state index in [-0.39, 0.29) is 0 Å². The zero-order chi connectivity index (χ0) is 14.5. The number of rotatable bonds is 3. The predicted octanol–water partition coefficient (Wildman–Crippen LogP) is 4.27. The van der Waals surface area contributed by atoms with Crippen molar-refractivity contribution < 1.29 is 13.6 Å². The van der Waals surface area contributed by atoms with Gasteiger partial charge in [0.05, 0.1) is 0 Å². The summed E-state index contributed by atoms with van der Waals surface area (Å²) < 4.78 is 26.7. The Balaban J connectivity index is 2.12. The Morgan fingerprint density at radius 3 is 2.35 bits per heavy atom. The van der Waals surface area contributed by atoms with Crippen LogP contribution in [-0.2, 0) is 4.79 Å². The fourth-order valence-electron chi connectivity index (χ4n) is 1.56. The second kappa shape index (κ2) is 6.30. The third-order valence-electron chi connectivity index (χ3n) is 2.53. The normalized spacial score (nSPS) is 10.8. The van der Waals surface area contributed by atoms with Gasteiger partial charge in [-0.15, -0.1) is 0 Å². The number of hydrogen-bond acceptors (Lipinski definition) is 1. The third-order valence-corrected chi connectivity index (χ3v) is 2.87. The summed E-state index contributed by atoms with van der Waals surface area (Å²) in [4.78, 5) is 11.6. The molecule has 0 aliphatic carbocycles. The maximum Gasteiger partial charge on any atom is 0.248 e. The minimum atomic E-state index is -0.829. The van der Waals surface area contributed by atoms with E-state index in [1.807, 2.05) is 0 Å². The van der Waals surface area contributed by atoms with Gasteiger partial charge in [-0.3, -0.25) is 4.79 Å². The Morgan fingerprint density at radius 1 is 1.05 bits per heavy atom. The summed E-state index contributed by atoms with van der Waals surface area (Å²) in [5, 5.41) is 2.63. The quantitative estimate of drug-likeness (QED) is 0.841. The van der Waals surface area contributed by atoms with E-state index in [1.54, 1.807) is 24.3 Å². The molecule has 0 saturated heterocycles. The average molecular weight is 294 g/mol. The summed E-state index contributed by atoms with van der Waals surface area (Å²) in [6, 6.07) is 10.3. The van der Waals surface area contributed by atoms with Gasteiger partial charge >= 0.3 is 0 Å². The Kier molecular flexibility index (Phi) is 4.48. The zero-order valence-corrected chi connectivity index (χ0v) is 11.0. The van der Waals surface area contributed by atoms with Crippen LogP contribution < -0.4 is 5.32 Å². The molecule has 5 heteroatoms. The highest BCUT2D eigenvalue weighted by Gasteiger charge is 2.09. The number of hydrogen-bond donors (Lipinski definition) is 1. The molecule has 102 valence electrons. The van der Waals surface area contributed by atoms with E-state index in [9.17, 15) is 13.6 Å². The molecule has 20 heavy (non-hydrogen) atoms. The van der Waals surface area contributed by atoms with Crippen molar-refractivity contribution in [3.8, 4) is 0 Å². The van der Waals surface area contributed by atoms with Crippen molar-refractivity contribution in [2.24, 2.45) is 0 Å². The molecule has 1 N–H and O–H groups in total. The van der Waals surface area contributed by atoms with Crippen molar-refractivity contribution in [1.82, 2.24) is 0 Å². The third kappa shape index (κ3) is 3.42. The summed E-state index contributed by atoms with van der Waals surface area (Å²) in [7, 11) is 0. The molecule has 0 bridgehead atoms. The lowest BCUT2D eigenvalue weighted by molar-refractivity contribution is -0.111. The number of nitrogens with one attached hydrogen (secondary N) is 1. The summed E-state index contributed by atoms with van der Waals surface area (Å²) in [5.41, 5.74) is 0.166. The number of amides is 1. The monoisotopic (exact) mass is 293 g/mol. The van der Waals surface area contributed by atoms with Crippen molar-refractivity contribution in [3.05, 3.63) is 70.8 Å². The van der Waals surface area contributed by atoms with Gasteiger partial charge in [0.15, 0.2) is 0 Å². The van der Waals surface area contributed by atoms with E-state index < -0.39 is 23.2 Å². The van der Waals surface area contributed by atoms with Crippen molar-refractivity contribution >= 4 is 29.3 Å². The summed E-state index contributed by atoms with van der Waals surface area (Å²) in [6.45, 7) is 0. The first-order valence-corrected chi connectivity index (χ1v) is 6.13.